The van der Waals surface area contributed by atoms with Crippen molar-refractivity contribution < 1.29 is 9.18 Å². The van der Waals surface area contributed by atoms with Gasteiger partial charge in [0.25, 0.3) is 11.5 Å². The van der Waals surface area contributed by atoms with Crippen molar-refractivity contribution in [2.24, 2.45) is 11.8 Å². The average molecular weight is 525 g/mol. The minimum absolute atomic E-state index is 0.0896. The topological polar surface area (TPSA) is 69.3 Å². The molecule has 6 nitrogen and oxygen atoms in total. The fraction of sp³-hybridized carbons (Fsp3) is 0.407. The highest BCUT2D eigenvalue weighted by molar-refractivity contribution is 8.26. The van der Waals surface area contributed by atoms with E-state index in [-0.39, 0.29) is 29.4 Å². The number of anilines is 1. The predicted octanol–water partition coefficient (Wildman–Crippen LogP) is 5.07. The molecule has 2 aliphatic rings. The van der Waals surface area contributed by atoms with Gasteiger partial charge in [0.05, 0.1) is 11.4 Å². The van der Waals surface area contributed by atoms with Crippen LogP contribution in [0.25, 0.3) is 6.08 Å². The van der Waals surface area contributed by atoms with Crippen molar-refractivity contribution in [1.82, 2.24) is 9.47 Å². The van der Waals surface area contributed by atoms with E-state index >= 15 is 0 Å². The second-order valence-corrected chi connectivity index (χ2v) is 11.3. The number of thioether (sulfide) groups is 1. The van der Waals surface area contributed by atoms with Gasteiger partial charge in [-0.25, -0.2) is 4.39 Å². The molecule has 2 saturated heterocycles. The Morgan fingerprint density at radius 1 is 1.19 bits per heavy atom. The number of carbonyl (C=O) groups is 1. The Bertz CT molecular complexity index is 1330. The minimum atomic E-state index is -0.340. The molecule has 0 N–H and O–H groups in total. The van der Waals surface area contributed by atoms with E-state index in [1.807, 2.05) is 6.92 Å². The molecule has 0 saturated carbocycles. The van der Waals surface area contributed by atoms with E-state index < -0.39 is 0 Å². The van der Waals surface area contributed by atoms with Crippen LogP contribution < -0.4 is 10.5 Å². The molecule has 2 aromatic rings. The first kappa shape index (κ1) is 26.1. The molecule has 1 aromatic heterocycles. The number of pyridine rings is 1. The van der Waals surface area contributed by atoms with Crippen molar-refractivity contribution in [3.05, 3.63) is 67.6 Å². The number of thiocarbonyl (C=S) groups is 1. The van der Waals surface area contributed by atoms with Gasteiger partial charge >= 0.3 is 0 Å². The smallest absolute Gasteiger partial charge is 0.270 e. The highest BCUT2D eigenvalue weighted by Gasteiger charge is 2.34. The fourth-order valence-electron chi connectivity index (χ4n) is 5.15. The fourth-order valence-corrected chi connectivity index (χ4v) is 6.39. The summed E-state index contributed by atoms with van der Waals surface area (Å²) in [6.45, 7) is 10.3. The molecule has 36 heavy (non-hydrogen) atoms. The lowest BCUT2D eigenvalue weighted by Gasteiger charge is -2.38. The molecule has 4 rings (SSSR count). The SMILES string of the molecule is CCn1c(N2CC(C)CC(C)C2)c(/C=C2/SC(=S)N(Cc3ccc(F)cc3)C2=O)c(C)c(C#N)c1=O. The second kappa shape index (κ2) is 10.6. The predicted molar refractivity (Wildman–Crippen MR) is 146 cm³/mol. The normalized spacial score (nSPS) is 21.4. The molecule has 1 aromatic carbocycles. The summed E-state index contributed by atoms with van der Waals surface area (Å²) in [6.07, 6.45) is 2.89. The summed E-state index contributed by atoms with van der Waals surface area (Å²) in [5.41, 5.74) is 1.83. The number of halogens is 1. The number of carbonyl (C=O) groups excluding carboxylic acids is 1. The second-order valence-electron chi connectivity index (χ2n) is 9.64. The van der Waals surface area contributed by atoms with Crippen LogP contribution in [-0.2, 0) is 17.9 Å². The van der Waals surface area contributed by atoms with Crippen LogP contribution in [-0.4, -0.2) is 32.8 Å². The summed E-state index contributed by atoms with van der Waals surface area (Å²) in [5.74, 6) is 1.07. The molecule has 9 heteroatoms. The van der Waals surface area contributed by atoms with Crippen molar-refractivity contribution in [3.8, 4) is 6.07 Å². The van der Waals surface area contributed by atoms with Gasteiger partial charge in [0, 0.05) is 25.2 Å². The highest BCUT2D eigenvalue weighted by atomic mass is 32.2. The molecule has 2 unspecified atom stereocenters. The van der Waals surface area contributed by atoms with Gasteiger partial charge in [-0.3, -0.25) is 19.1 Å². The molecule has 3 heterocycles. The van der Waals surface area contributed by atoms with Gasteiger partial charge in [-0.05, 0) is 61.4 Å². The molecule has 0 radical (unpaired) electrons. The molecule has 1 amide bonds. The van der Waals surface area contributed by atoms with Crippen LogP contribution in [0.5, 0.6) is 0 Å². The molecule has 2 atom stereocenters. The van der Waals surface area contributed by atoms with Crippen molar-refractivity contribution in [2.45, 2.75) is 47.2 Å². The summed E-state index contributed by atoms with van der Waals surface area (Å²) in [5, 5.41) is 9.78. The van der Waals surface area contributed by atoms with Gasteiger partial charge < -0.3 is 4.90 Å². The molecule has 0 spiro atoms. The first-order valence-electron chi connectivity index (χ1n) is 12.1. The zero-order valence-corrected chi connectivity index (χ0v) is 22.5. The van der Waals surface area contributed by atoms with E-state index in [1.54, 1.807) is 29.7 Å². The van der Waals surface area contributed by atoms with Crippen LogP contribution in [0.3, 0.4) is 0 Å². The van der Waals surface area contributed by atoms with Crippen LogP contribution in [0.4, 0.5) is 10.2 Å². The maximum atomic E-state index is 13.4. The third-order valence-electron chi connectivity index (χ3n) is 6.73. The summed E-state index contributed by atoms with van der Waals surface area (Å²) in [6, 6.07) is 8.06. The molecular formula is C27H29FN4O2S2. The average Bonchev–Trinajstić information content (AvgIpc) is 3.09. The van der Waals surface area contributed by atoms with Gasteiger partial charge in [-0.2, -0.15) is 5.26 Å². The van der Waals surface area contributed by atoms with E-state index in [0.717, 1.165) is 30.9 Å². The number of hydrogen-bond acceptors (Lipinski definition) is 6. The van der Waals surface area contributed by atoms with Crippen molar-refractivity contribution >= 4 is 46.1 Å². The highest BCUT2D eigenvalue weighted by Crippen LogP contribution is 2.37. The number of hydrogen-bond donors (Lipinski definition) is 0. The molecule has 0 bridgehead atoms. The molecule has 188 valence electrons. The Labute approximate surface area is 220 Å². The van der Waals surface area contributed by atoms with Crippen LogP contribution in [0, 0.1) is 35.9 Å². The van der Waals surface area contributed by atoms with Gasteiger partial charge in [-0.1, -0.05) is 50.0 Å². The zero-order chi connectivity index (χ0) is 26.1. The van der Waals surface area contributed by atoms with E-state index in [9.17, 15) is 19.2 Å². The van der Waals surface area contributed by atoms with Gasteiger partial charge in [0.15, 0.2) is 0 Å². The monoisotopic (exact) mass is 524 g/mol. The van der Waals surface area contributed by atoms with E-state index in [2.05, 4.69) is 24.8 Å². The Morgan fingerprint density at radius 3 is 2.42 bits per heavy atom. The van der Waals surface area contributed by atoms with Gasteiger partial charge in [0.2, 0.25) is 0 Å². The van der Waals surface area contributed by atoms with E-state index in [0.29, 0.717) is 38.7 Å². The number of amides is 1. The largest absolute Gasteiger partial charge is 0.357 e. The van der Waals surface area contributed by atoms with Crippen molar-refractivity contribution in [2.75, 3.05) is 18.0 Å². The molecule has 0 aliphatic carbocycles. The zero-order valence-electron chi connectivity index (χ0n) is 20.9. The quantitative estimate of drug-likeness (QED) is 0.402. The number of rotatable bonds is 5. The number of benzene rings is 1. The van der Waals surface area contributed by atoms with Crippen LogP contribution in [0.15, 0.2) is 34.0 Å². The van der Waals surface area contributed by atoms with Crippen molar-refractivity contribution in [3.63, 3.8) is 0 Å². The Kier molecular flexibility index (Phi) is 7.67. The Balaban J connectivity index is 1.81. The van der Waals surface area contributed by atoms with Crippen LogP contribution >= 0.6 is 24.0 Å². The summed E-state index contributed by atoms with van der Waals surface area (Å²) in [4.78, 5) is 30.8. The number of aromatic nitrogens is 1. The maximum Gasteiger partial charge on any atom is 0.270 e. The van der Waals surface area contributed by atoms with Gasteiger partial charge in [0.1, 0.15) is 27.6 Å². The number of piperidine rings is 1. The lowest BCUT2D eigenvalue weighted by Crippen LogP contribution is -2.42. The third kappa shape index (κ3) is 4.97. The summed E-state index contributed by atoms with van der Waals surface area (Å²) >= 11 is 6.71. The third-order valence-corrected chi connectivity index (χ3v) is 8.11. The van der Waals surface area contributed by atoms with Crippen LogP contribution in [0.2, 0.25) is 0 Å². The lowest BCUT2D eigenvalue weighted by atomic mass is 9.91. The number of nitriles is 1. The Morgan fingerprint density at radius 2 is 1.83 bits per heavy atom. The van der Waals surface area contributed by atoms with Crippen LogP contribution in [0.1, 0.15) is 49.4 Å². The Hall–Kier alpha value is -2.96. The minimum Gasteiger partial charge on any atom is -0.357 e. The summed E-state index contributed by atoms with van der Waals surface area (Å²) in [7, 11) is 0. The maximum absolute atomic E-state index is 13.4. The summed E-state index contributed by atoms with van der Waals surface area (Å²) < 4.78 is 15.4. The number of nitrogens with zero attached hydrogens (tertiary/aromatic N) is 4. The first-order chi connectivity index (χ1) is 17.1. The van der Waals surface area contributed by atoms with E-state index in [1.165, 1.54) is 28.8 Å². The first-order valence-corrected chi connectivity index (χ1v) is 13.3. The standard InChI is InChI=1S/C27H29FN4O2S2/c1-5-31-24(30-13-16(2)10-17(3)14-30)21(18(4)22(12-29)25(31)33)11-23-26(34)32(27(35)36-23)15-19-6-8-20(28)9-7-19/h6-9,11,16-17H,5,10,13-15H2,1-4H3/b23-11+. The van der Waals surface area contributed by atoms with E-state index in [4.69, 9.17) is 12.2 Å². The lowest BCUT2D eigenvalue weighted by molar-refractivity contribution is -0.122. The molecular weight excluding hydrogens is 495 g/mol. The molecule has 2 aliphatic heterocycles. The molecule has 2 fully saturated rings. The van der Waals surface area contributed by atoms with Gasteiger partial charge in [-0.15, -0.1) is 0 Å². The van der Waals surface area contributed by atoms with Crippen molar-refractivity contribution in [1.29, 1.82) is 5.26 Å².